The highest BCUT2D eigenvalue weighted by Crippen LogP contribution is 2.23. The molecule has 0 radical (unpaired) electrons. The summed E-state index contributed by atoms with van der Waals surface area (Å²) >= 11 is 6.76. The minimum atomic E-state index is -0.0867. The van der Waals surface area contributed by atoms with E-state index in [0.717, 1.165) is 11.3 Å². The summed E-state index contributed by atoms with van der Waals surface area (Å²) in [6.07, 6.45) is 4.91. The van der Waals surface area contributed by atoms with Crippen LogP contribution in [0.5, 0.6) is 0 Å². The summed E-state index contributed by atoms with van der Waals surface area (Å²) in [5.74, 6) is 0.895. The van der Waals surface area contributed by atoms with Crippen molar-refractivity contribution >= 4 is 35.0 Å². The first-order valence-corrected chi connectivity index (χ1v) is 9.49. The van der Waals surface area contributed by atoms with Gasteiger partial charge in [0.2, 0.25) is 5.91 Å². The van der Waals surface area contributed by atoms with Crippen LogP contribution in [0.4, 0.5) is 0 Å². The molecule has 1 aliphatic carbocycles. The third-order valence-corrected chi connectivity index (χ3v) is 5.37. The van der Waals surface area contributed by atoms with Gasteiger partial charge in [-0.1, -0.05) is 37.5 Å². The third kappa shape index (κ3) is 6.39. The van der Waals surface area contributed by atoms with Crippen LogP contribution in [0.1, 0.15) is 38.2 Å². The molecule has 0 aliphatic heterocycles. The van der Waals surface area contributed by atoms with E-state index in [1.807, 2.05) is 31.2 Å². The summed E-state index contributed by atoms with van der Waals surface area (Å²) in [5.41, 5.74) is 6.67. The number of thioether (sulfide) groups is 1. The van der Waals surface area contributed by atoms with Gasteiger partial charge >= 0.3 is 0 Å². The molecule has 0 aromatic heterocycles. The van der Waals surface area contributed by atoms with Crippen LogP contribution in [0.2, 0.25) is 0 Å². The number of hydrogen-bond acceptors (Lipinski definition) is 3. The normalized spacial score (nSPS) is 20.6. The fourth-order valence-electron chi connectivity index (χ4n) is 2.68. The number of carbonyl (C=O) groups is 1. The number of amides is 1. The summed E-state index contributed by atoms with van der Waals surface area (Å²) < 4.78 is 0. The predicted octanol–water partition coefficient (Wildman–Crippen LogP) is 3.16. The Morgan fingerprint density at radius 1 is 1.22 bits per heavy atom. The van der Waals surface area contributed by atoms with Gasteiger partial charge in [-0.25, -0.2) is 0 Å². The largest absolute Gasteiger partial charge is 0.358 e. The quantitative estimate of drug-likeness (QED) is 0.442. The smallest absolute Gasteiger partial charge is 0.248 e. The maximum absolute atomic E-state index is 11.9. The number of hydrogen-bond donors (Lipinski definition) is 3. The van der Waals surface area contributed by atoms with E-state index in [9.17, 15) is 4.79 Å². The van der Waals surface area contributed by atoms with Crippen LogP contribution in [0.15, 0.2) is 29.2 Å². The summed E-state index contributed by atoms with van der Waals surface area (Å²) in [6.45, 7) is 4.29. The Morgan fingerprint density at radius 3 is 2.61 bits per heavy atom. The van der Waals surface area contributed by atoms with Crippen LogP contribution in [-0.4, -0.2) is 22.8 Å². The second-order valence-electron chi connectivity index (χ2n) is 6.12. The Bertz CT molecular complexity index is 533. The molecule has 3 N–H and O–H groups in total. The first-order valence-electron chi connectivity index (χ1n) is 8.09. The van der Waals surface area contributed by atoms with Gasteiger partial charge in [0.1, 0.15) is 0 Å². The second-order valence-corrected chi connectivity index (χ2v) is 7.57. The van der Waals surface area contributed by atoms with Gasteiger partial charge in [-0.15, -0.1) is 11.8 Å². The maximum Gasteiger partial charge on any atom is 0.248 e. The predicted molar refractivity (Wildman–Crippen MR) is 100 cm³/mol. The molecule has 126 valence electrons. The fourth-order valence-corrected chi connectivity index (χ4v) is 3.58. The number of rotatable bonds is 4. The molecule has 1 amide bonds. The highest BCUT2D eigenvalue weighted by atomic mass is 32.2. The third-order valence-electron chi connectivity index (χ3n) is 4.13. The van der Waals surface area contributed by atoms with Crippen molar-refractivity contribution in [1.29, 1.82) is 0 Å². The zero-order valence-electron chi connectivity index (χ0n) is 13.7. The van der Waals surface area contributed by atoms with Gasteiger partial charge in [-0.2, -0.15) is 0 Å². The lowest BCUT2D eigenvalue weighted by Crippen LogP contribution is -2.52. The number of hydrazine groups is 1. The second kappa shape index (κ2) is 9.13. The number of thiocarbonyl (C=S) groups is 1. The van der Waals surface area contributed by atoms with Gasteiger partial charge in [0.15, 0.2) is 5.11 Å². The van der Waals surface area contributed by atoms with Crippen LogP contribution in [0.25, 0.3) is 0 Å². The van der Waals surface area contributed by atoms with Gasteiger partial charge in [-0.3, -0.25) is 15.6 Å². The monoisotopic (exact) mass is 351 g/mol. The number of nitrogens with one attached hydrogen (secondary N) is 3. The number of aryl methyl sites for hydroxylation is 1. The summed E-state index contributed by atoms with van der Waals surface area (Å²) in [4.78, 5) is 12.9. The molecule has 1 fully saturated rings. The van der Waals surface area contributed by atoms with Crippen molar-refractivity contribution in [2.45, 2.75) is 50.5 Å². The van der Waals surface area contributed by atoms with Crippen molar-refractivity contribution in [1.82, 2.24) is 16.2 Å². The van der Waals surface area contributed by atoms with Gasteiger partial charge in [-0.05, 0) is 50.0 Å². The summed E-state index contributed by atoms with van der Waals surface area (Å²) in [7, 11) is 0. The van der Waals surface area contributed by atoms with Crippen molar-refractivity contribution in [3.8, 4) is 0 Å². The Labute approximate surface area is 148 Å². The molecule has 0 unspecified atom stereocenters. The molecule has 1 saturated carbocycles. The van der Waals surface area contributed by atoms with E-state index in [1.165, 1.54) is 36.6 Å². The Balaban J connectivity index is 1.65. The van der Waals surface area contributed by atoms with Crippen molar-refractivity contribution in [2.24, 2.45) is 5.92 Å². The van der Waals surface area contributed by atoms with Crippen LogP contribution < -0.4 is 16.2 Å². The first kappa shape index (κ1) is 18.1. The van der Waals surface area contributed by atoms with E-state index >= 15 is 0 Å². The molecule has 6 heteroatoms. The van der Waals surface area contributed by atoms with Crippen molar-refractivity contribution in [3.05, 3.63) is 29.8 Å². The van der Waals surface area contributed by atoms with Gasteiger partial charge in [0.25, 0.3) is 0 Å². The highest BCUT2D eigenvalue weighted by Gasteiger charge is 2.21. The van der Waals surface area contributed by atoms with E-state index in [4.69, 9.17) is 12.2 Å². The lowest BCUT2D eigenvalue weighted by molar-refractivity contribution is -0.119. The van der Waals surface area contributed by atoms with Crippen molar-refractivity contribution in [2.75, 3.05) is 5.75 Å². The minimum Gasteiger partial charge on any atom is -0.358 e. The SMILES string of the molecule is Cc1ccc(SCC(=O)NNC(=S)N[C@H]2CCCC[C@@H]2C)cc1. The lowest BCUT2D eigenvalue weighted by atomic mass is 9.86. The van der Waals surface area contributed by atoms with Crippen LogP contribution in [0.3, 0.4) is 0 Å². The van der Waals surface area contributed by atoms with Crippen molar-refractivity contribution in [3.63, 3.8) is 0 Å². The van der Waals surface area contributed by atoms with Crippen LogP contribution in [0, 0.1) is 12.8 Å². The molecule has 4 nitrogen and oxygen atoms in total. The zero-order chi connectivity index (χ0) is 16.7. The molecule has 0 spiro atoms. The fraction of sp³-hybridized carbons (Fsp3) is 0.529. The van der Waals surface area contributed by atoms with Crippen molar-refractivity contribution < 1.29 is 4.79 Å². The molecular weight excluding hydrogens is 326 g/mol. The molecule has 23 heavy (non-hydrogen) atoms. The van der Waals surface area contributed by atoms with Gasteiger partial charge in [0.05, 0.1) is 5.75 Å². The highest BCUT2D eigenvalue weighted by molar-refractivity contribution is 8.00. The molecule has 1 aromatic rings. The Hall–Kier alpha value is -1.27. The minimum absolute atomic E-state index is 0.0867. The molecule has 0 bridgehead atoms. The zero-order valence-corrected chi connectivity index (χ0v) is 15.4. The van der Waals surface area contributed by atoms with E-state index in [-0.39, 0.29) is 5.91 Å². The standard InChI is InChI=1S/C17H25N3OS2/c1-12-7-9-14(10-8-12)23-11-16(21)19-20-17(22)18-15-6-4-3-5-13(15)2/h7-10,13,15H,3-6,11H2,1-2H3,(H,19,21)(H2,18,20,22)/t13-,15-/m0/s1. The molecular formula is C17H25N3OS2. The molecule has 2 rings (SSSR count). The van der Waals surface area contributed by atoms with E-state index in [1.54, 1.807) is 0 Å². The maximum atomic E-state index is 11.9. The average Bonchev–Trinajstić information content (AvgIpc) is 2.54. The Kier molecular flexibility index (Phi) is 7.17. The molecule has 1 aliphatic rings. The number of benzene rings is 1. The van der Waals surface area contributed by atoms with E-state index < -0.39 is 0 Å². The Morgan fingerprint density at radius 2 is 1.91 bits per heavy atom. The number of carbonyl (C=O) groups excluding carboxylic acids is 1. The van der Waals surface area contributed by atoms with Crippen LogP contribution >= 0.6 is 24.0 Å². The van der Waals surface area contributed by atoms with E-state index in [0.29, 0.717) is 22.8 Å². The van der Waals surface area contributed by atoms with E-state index in [2.05, 4.69) is 23.1 Å². The molecule has 1 aromatic carbocycles. The summed E-state index contributed by atoms with van der Waals surface area (Å²) in [6, 6.07) is 8.54. The first-order chi connectivity index (χ1) is 11.0. The molecule has 0 saturated heterocycles. The van der Waals surface area contributed by atoms with Crippen LogP contribution in [-0.2, 0) is 4.79 Å². The molecule has 2 atom stereocenters. The molecule has 0 heterocycles. The van der Waals surface area contributed by atoms with Gasteiger partial charge < -0.3 is 5.32 Å². The topological polar surface area (TPSA) is 53.2 Å². The lowest BCUT2D eigenvalue weighted by Gasteiger charge is -2.30. The average molecular weight is 352 g/mol. The van der Waals surface area contributed by atoms with Gasteiger partial charge in [0, 0.05) is 10.9 Å². The summed E-state index contributed by atoms with van der Waals surface area (Å²) in [5, 5.41) is 3.80.